The molecule has 1 aliphatic rings. The highest BCUT2D eigenvalue weighted by Crippen LogP contribution is 2.31. The second kappa shape index (κ2) is 7.32. The second-order valence-corrected chi connectivity index (χ2v) is 7.17. The molecular weight excluding hydrogens is 282 g/mol. The predicted molar refractivity (Wildman–Crippen MR) is 88.3 cm³/mol. The van der Waals surface area contributed by atoms with E-state index in [9.17, 15) is 9.90 Å². The van der Waals surface area contributed by atoms with E-state index in [4.69, 9.17) is 0 Å². The number of benzene rings is 1. The van der Waals surface area contributed by atoms with Gasteiger partial charge in [0.25, 0.3) is 0 Å². The molecule has 1 aliphatic carbocycles. The van der Waals surface area contributed by atoms with Gasteiger partial charge in [-0.05, 0) is 31.6 Å². The van der Waals surface area contributed by atoms with Gasteiger partial charge in [-0.25, -0.2) is 0 Å². The molecule has 1 aromatic carbocycles. The maximum absolute atomic E-state index is 12.6. The van der Waals surface area contributed by atoms with E-state index in [0.717, 1.165) is 31.2 Å². The Hall–Kier alpha value is -1.00. The highest BCUT2D eigenvalue weighted by atomic mass is 32.2. The van der Waals surface area contributed by atoms with Gasteiger partial charge in [0.05, 0.1) is 10.9 Å². The second-order valence-electron chi connectivity index (χ2n) is 5.99. The Morgan fingerprint density at radius 1 is 1.33 bits per heavy atom. The number of thioether (sulfide) groups is 1. The molecule has 0 spiro atoms. The Morgan fingerprint density at radius 3 is 2.52 bits per heavy atom. The van der Waals surface area contributed by atoms with Crippen LogP contribution < -0.4 is 0 Å². The lowest BCUT2D eigenvalue weighted by Crippen LogP contribution is -2.46. The summed E-state index contributed by atoms with van der Waals surface area (Å²) in [5, 5.41) is 10.6. The van der Waals surface area contributed by atoms with Crippen molar-refractivity contribution < 1.29 is 9.90 Å². The van der Waals surface area contributed by atoms with E-state index >= 15 is 0 Å². The standard InChI is InChI=1S/C17H25NO2S/c1-14(21-2)16(19)18(12-15-8-4-3-5-9-15)13-17(20)10-6-7-11-17/h3-5,8-9,14,20H,6-7,10-13H2,1-2H3. The van der Waals surface area contributed by atoms with Crippen molar-refractivity contribution in [2.45, 2.75) is 50.0 Å². The van der Waals surface area contributed by atoms with Gasteiger partial charge in [-0.2, -0.15) is 11.8 Å². The van der Waals surface area contributed by atoms with Gasteiger partial charge in [-0.15, -0.1) is 0 Å². The smallest absolute Gasteiger partial charge is 0.235 e. The van der Waals surface area contributed by atoms with Crippen LogP contribution in [0.1, 0.15) is 38.2 Å². The van der Waals surface area contributed by atoms with Crippen LogP contribution in [-0.4, -0.2) is 39.6 Å². The van der Waals surface area contributed by atoms with Crippen LogP contribution in [0.4, 0.5) is 0 Å². The SMILES string of the molecule is CSC(C)C(=O)N(Cc1ccccc1)CC1(O)CCCC1. The maximum Gasteiger partial charge on any atom is 0.235 e. The Bertz CT molecular complexity index is 457. The normalized spacial score (nSPS) is 18.4. The molecular formula is C17H25NO2S. The summed E-state index contributed by atoms with van der Waals surface area (Å²) in [6, 6.07) is 10.0. The number of amides is 1. The minimum atomic E-state index is -0.692. The third kappa shape index (κ3) is 4.48. The van der Waals surface area contributed by atoms with Crippen molar-refractivity contribution >= 4 is 17.7 Å². The van der Waals surface area contributed by atoms with Crippen LogP contribution in [0.3, 0.4) is 0 Å². The first-order valence-electron chi connectivity index (χ1n) is 7.62. The van der Waals surface area contributed by atoms with Crippen molar-refractivity contribution in [3.8, 4) is 0 Å². The van der Waals surface area contributed by atoms with Crippen LogP contribution in [0.2, 0.25) is 0 Å². The lowest BCUT2D eigenvalue weighted by Gasteiger charge is -2.33. The Kier molecular flexibility index (Phi) is 5.71. The average molecular weight is 307 g/mol. The molecule has 1 fully saturated rings. The van der Waals surface area contributed by atoms with Gasteiger partial charge in [0.2, 0.25) is 5.91 Å². The van der Waals surface area contributed by atoms with E-state index in [1.54, 1.807) is 11.8 Å². The summed E-state index contributed by atoms with van der Waals surface area (Å²) in [5.74, 6) is 0.117. The molecule has 0 aromatic heterocycles. The van der Waals surface area contributed by atoms with Gasteiger partial charge < -0.3 is 10.0 Å². The van der Waals surface area contributed by atoms with Crippen molar-refractivity contribution in [1.29, 1.82) is 0 Å². The zero-order chi connectivity index (χ0) is 15.3. The summed E-state index contributed by atoms with van der Waals surface area (Å²) in [7, 11) is 0. The summed E-state index contributed by atoms with van der Waals surface area (Å²) >= 11 is 1.56. The highest BCUT2D eigenvalue weighted by Gasteiger charge is 2.35. The van der Waals surface area contributed by atoms with E-state index in [0.29, 0.717) is 13.1 Å². The van der Waals surface area contributed by atoms with E-state index in [1.807, 2.05) is 48.4 Å². The molecule has 0 radical (unpaired) electrons. The lowest BCUT2D eigenvalue weighted by molar-refractivity contribution is -0.134. The number of hydrogen-bond acceptors (Lipinski definition) is 3. The largest absolute Gasteiger partial charge is 0.388 e. The summed E-state index contributed by atoms with van der Waals surface area (Å²) in [4.78, 5) is 14.4. The van der Waals surface area contributed by atoms with Crippen molar-refractivity contribution in [1.82, 2.24) is 4.90 Å². The third-order valence-electron chi connectivity index (χ3n) is 4.25. The number of aliphatic hydroxyl groups is 1. The van der Waals surface area contributed by atoms with Gasteiger partial charge in [0.1, 0.15) is 0 Å². The molecule has 1 saturated carbocycles. The van der Waals surface area contributed by atoms with Gasteiger partial charge >= 0.3 is 0 Å². The van der Waals surface area contributed by atoms with Crippen LogP contribution in [0.15, 0.2) is 30.3 Å². The van der Waals surface area contributed by atoms with Crippen molar-refractivity contribution in [2.75, 3.05) is 12.8 Å². The molecule has 0 saturated heterocycles. The van der Waals surface area contributed by atoms with Gasteiger partial charge in [-0.3, -0.25) is 4.79 Å². The molecule has 0 heterocycles. The monoisotopic (exact) mass is 307 g/mol. The summed E-state index contributed by atoms with van der Waals surface area (Å²) in [5.41, 5.74) is 0.420. The first-order valence-corrected chi connectivity index (χ1v) is 8.91. The quantitative estimate of drug-likeness (QED) is 0.878. The first-order chi connectivity index (χ1) is 10.0. The van der Waals surface area contributed by atoms with Crippen LogP contribution in [-0.2, 0) is 11.3 Å². The van der Waals surface area contributed by atoms with Crippen LogP contribution in [0, 0.1) is 0 Å². The maximum atomic E-state index is 12.6. The van der Waals surface area contributed by atoms with E-state index in [2.05, 4.69) is 0 Å². The van der Waals surface area contributed by atoms with Crippen LogP contribution in [0.5, 0.6) is 0 Å². The fourth-order valence-corrected chi connectivity index (χ4v) is 3.27. The fourth-order valence-electron chi connectivity index (χ4n) is 2.92. The fraction of sp³-hybridized carbons (Fsp3) is 0.588. The first kappa shape index (κ1) is 16.4. The number of carbonyl (C=O) groups excluding carboxylic acids is 1. The molecule has 1 amide bonds. The molecule has 4 heteroatoms. The molecule has 1 atom stereocenters. The lowest BCUT2D eigenvalue weighted by atomic mass is 10.0. The molecule has 0 bridgehead atoms. The number of nitrogens with zero attached hydrogens (tertiary/aromatic N) is 1. The Balaban J connectivity index is 2.11. The summed E-state index contributed by atoms with van der Waals surface area (Å²) < 4.78 is 0. The van der Waals surface area contributed by atoms with Crippen molar-refractivity contribution in [2.24, 2.45) is 0 Å². The average Bonchev–Trinajstić information content (AvgIpc) is 2.92. The van der Waals surface area contributed by atoms with Gasteiger partial charge in [0.15, 0.2) is 0 Å². The van der Waals surface area contributed by atoms with E-state index in [1.165, 1.54) is 0 Å². The molecule has 1 N–H and O–H groups in total. The molecule has 1 aromatic rings. The Labute approximate surface area is 131 Å². The van der Waals surface area contributed by atoms with E-state index < -0.39 is 5.60 Å². The number of rotatable bonds is 6. The van der Waals surface area contributed by atoms with Crippen LogP contribution >= 0.6 is 11.8 Å². The summed E-state index contributed by atoms with van der Waals surface area (Å²) in [6.45, 7) is 2.96. The molecule has 21 heavy (non-hydrogen) atoms. The zero-order valence-electron chi connectivity index (χ0n) is 12.9. The summed E-state index contributed by atoms with van der Waals surface area (Å²) in [6.07, 6.45) is 5.68. The molecule has 116 valence electrons. The molecule has 0 aliphatic heterocycles. The molecule has 1 unspecified atom stereocenters. The number of hydrogen-bond donors (Lipinski definition) is 1. The van der Waals surface area contributed by atoms with Crippen molar-refractivity contribution in [3.05, 3.63) is 35.9 Å². The Morgan fingerprint density at radius 2 is 1.95 bits per heavy atom. The number of carbonyl (C=O) groups is 1. The topological polar surface area (TPSA) is 40.5 Å². The minimum absolute atomic E-state index is 0.0706. The predicted octanol–water partition coefficient (Wildman–Crippen LogP) is 3.07. The van der Waals surface area contributed by atoms with Gasteiger partial charge in [-0.1, -0.05) is 43.2 Å². The van der Waals surface area contributed by atoms with Gasteiger partial charge in [0, 0.05) is 13.1 Å². The highest BCUT2D eigenvalue weighted by molar-refractivity contribution is 7.99. The molecule has 2 rings (SSSR count). The van der Waals surface area contributed by atoms with Crippen LogP contribution in [0.25, 0.3) is 0 Å². The third-order valence-corrected chi connectivity index (χ3v) is 5.16. The minimum Gasteiger partial charge on any atom is -0.388 e. The van der Waals surface area contributed by atoms with Crippen molar-refractivity contribution in [3.63, 3.8) is 0 Å². The molecule has 3 nitrogen and oxygen atoms in total. The zero-order valence-corrected chi connectivity index (χ0v) is 13.7. The van der Waals surface area contributed by atoms with E-state index in [-0.39, 0.29) is 11.2 Å².